The average Bonchev–Trinajstić information content (AvgIpc) is 2.92. The largest absolute Gasteiger partial charge is 0.317 e. The quantitative estimate of drug-likeness (QED) is 0.806. The molecule has 0 heterocycles. The maximum Gasteiger partial charge on any atom is 0.142 e. The van der Waals surface area contributed by atoms with Crippen molar-refractivity contribution < 1.29 is 4.39 Å². The molecule has 1 aliphatic carbocycles. The van der Waals surface area contributed by atoms with Gasteiger partial charge in [-0.05, 0) is 49.9 Å². The van der Waals surface area contributed by atoms with Gasteiger partial charge >= 0.3 is 0 Å². The van der Waals surface area contributed by atoms with Gasteiger partial charge in [0.1, 0.15) is 5.82 Å². The van der Waals surface area contributed by atoms with Gasteiger partial charge in [-0.1, -0.05) is 43.4 Å². The summed E-state index contributed by atoms with van der Waals surface area (Å²) in [5.41, 5.74) is 1.02. The number of benzene rings is 1. The summed E-state index contributed by atoms with van der Waals surface area (Å²) in [6.45, 7) is 0. The van der Waals surface area contributed by atoms with E-state index in [1.807, 2.05) is 13.1 Å². The van der Waals surface area contributed by atoms with Crippen LogP contribution >= 0.6 is 11.6 Å². The summed E-state index contributed by atoms with van der Waals surface area (Å²) in [4.78, 5) is 0. The summed E-state index contributed by atoms with van der Waals surface area (Å²) in [5.74, 6) is 0.600. The Bertz CT molecular complexity index is 402. The van der Waals surface area contributed by atoms with Crippen molar-refractivity contribution in [1.29, 1.82) is 0 Å². The van der Waals surface area contributed by atoms with E-state index in [1.54, 1.807) is 12.1 Å². The zero-order valence-corrected chi connectivity index (χ0v) is 12.3. The molecule has 1 saturated carbocycles. The highest BCUT2D eigenvalue weighted by atomic mass is 35.5. The molecule has 1 nitrogen and oxygen atoms in total. The van der Waals surface area contributed by atoms with Crippen molar-refractivity contribution in [1.82, 2.24) is 5.32 Å². The number of nitrogens with one attached hydrogen (secondary N) is 1. The van der Waals surface area contributed by atoms with Gasteiger partial charge in [0.15, 0.2) is 0 Å². The maximum atomic E-state index is 13.4. The van der Waals surface area contributed by atoms with E-state index in [0.29, 0.717) is 6.04 Å². The zero-order valence-electron chi connectivity index (χ0n) is 11.6. The minimum Gasteiger partial charge on any atom is -0.317 e. The van der Waals surface area contributed by atoms with Crippen LogP contribution in [0.5, 0.6) is 0 Å². The monoisotopic (exact) mass is 283 g/mol. The Morgan fingerprint density at radius 3 is 2.74 bits per heavy atom. The lowest BCUT2D eigenvalue weighted by molar-refractivity contribution is 0.418. The zero-order chi connectivity index (χ0) is 13.7. The molecule has 1 N–H and O–H groups in total. The molecule has 0 saturated heterocycles. The van der Waals surface area contributed by atoms with Gasteiger partial charge in [0.05, 0.1) is 5.02 Å². The molecule has 0 amide bonds. The van der Waals surface area contributed by atoms with E-state index in [9.17, 15) is 4.39 Å². The van der Waals surface area contributed by atoms with Gasteiger partial charge in [-0.3, -0.25) is 0 Å². The van der Waals surface area contributed by atoms with Gasteiger partial charge < -0.3 is 5.32 Å². The predicted octanol–water partition coefficient (Wildman–Crippen LogP) is 4.58. The van der Waals surface area contributed by atoms with Crippen molar-refractivity contribution >= 4 is 11.6 Å². The van der Waals surface area contributed by atoms with Crippen molar-refractivity contribution in [3.05, 3.63) is 34.6 Å². The van der Waals surface area contributed by atoms with Gasteiger partial charge in [-0.15, -0.1) is 0 Å². The Kier molecular flexibility index (Phi) is 5.65. The summed E-state index contributed by atoms with van der Waals surface area (Å²) in [5, 5.41) is 3.56. The molecule has 1 unspecified atom stereocenters. The lowest BCUT2D eigenvalue weighted by atomic mass is 9.95. The van der Waals surface area contributed by atoms with Crippen molar-refractivity contribution in [2.75, 3.05) is 7.05 Å². The fourth-order valence-electron chi connectivity index (χ4n) is 3.04. The first-order chi connectivity index (χ1) is 9.19. The van der Waals surface area contributed by atoms with Crippen LogP contribution in [0.1, 0.15) is 44.1 Å². The fraction of sp³-hybridized carbons (Fsp3) is 0.625. The lowest BCUT2D eigenvalue weighted by Crippen LogP contribution is -2.28. The SMILES string of the molecule is CNC(CCC1CCCC1)Cc1ccc(Cl)c(F)c1. The molecular formula is C16H23ClFN. The molecule has 3 heteroatoms. The first kappa shape index (κ1) is 14.8. The van der Waals surface area contributed by atoms with Crippen LogP contribution in [-0.2, 0) is 6.42 Å². The van der Waals surface area contributed by atoms with Gasteiger partial charge in [0.2, 0.25) is 0 Å². The highest BCUT2D eigenvalue weighted by Crippen LogP contribution is 2.29. The Morgan fingerprint density at radius 1 is 1.37 bits per heavy atom. The van der Waals surface area contributed by atoms with E-state index in [1.165, 1.54) is 38.5 Å². The molecule has 2 rings (SSSR count). The second-order valence-electron chi connectivity index (χ2n) is 5.67. The van der Waals surface area contributed by atoms with Crippen LogP contribution in [0, 0.1) is 11.7 Å². The second-order valence-corrected chi connectivity index (χ2v) is 6.07. The molecule has 0 spiro atoms. The fourth-order valence-corrected chi connectivity index (χ4v) is 3.15. The minimum absolute atomic E-state index is 0.204. The summed E-state index contributed by atoms with van der Waals surface area (Å²) >= 11 is 5.71. The van der Waals surface area contributed by atoms with E-state index >= 15 is 0 Å². The normalized spacial score (nSPS) is 17.8. The highest BCUT2D eigenvalue weighted by Gasteiger charge is 2.17. The van der Waals surface area contributed by atoms with Gasteiger partial charge in [-0.25, -0.2) is 4.39 Å². The molecule has 1 aliphatic rings. The number of hydrogen-bond acceptors (Lipinski definition) is 1. The molecule has 1 atom stereocenters. The number of likely N-dealkylation sites (N-methyl/N-ethyl adjacent to an activating group) is 1. The van der Waals surface area contributed by atoms with Crippen LogP contribution in [-0.4, -0.2) is 13.1 Å². The molecule has 0 bridgehead atoms. The molecule has 19 heavy (non-hydrogen) atoms. The number of rotatable bonds is 6. The van der Waals surface area contributed by atoms with E-state index < -0.39 is 0 Å². The molecule has 1 aromatic rings. The van der Waals surface area contributed by atoms with Crippen molar-refractivity contribution in [3.63, 3.8) is 0 Å². The smallest absolute Gasteiger partial charge is 0.142 e. The summed E-state index contributed by atoms with van der Waals surface area (Å²) in [7, 11) is 1.99. The summed E-state index contributed by atoms with van der Waals surface area (Å²) in [6, 6.07) is 5.56. The van der Waals surface area contributed by atoms with Crippen molar-refractivity contribution in [3.8, 4) is 0 Å². The van der Waals surface area contributed by atoms with E-state index in [0.717, 1.165) is 17.9 Å². The highest BCUT2D eigenvalue weighted by molar-refractivity contribution is 6.30. The third kappa shape index (κ3) is 4.47. The molecule has 0 radical (unpaired) electrons. The predicted molar refractivity (Wildman–Crippen MR) is 79.2 cm³/mol. The van der Waals surface area contributed by atoms with Crippen LogP contribution in [0.25, 0.3) is 0 Å². The Morgan fingerprint density at radius 2 is 2.11 bits per heavy atom. The number of halogens is 2. The van der Waals surface area contributed by atoms with Crippen LogP contribution in [0.3, 0.4) is 0 Å². The molecule has 0 aliphatic heterocycles. The second kappa shape index (κ2) is 7.25. The Balaban J connectivity index is 1.85. The minimum atomic E-state index is -0.315. The van der Waals surface area contributed by atoms with Gasteiger partial charge in [-0.2, -0.15) is 0 Å². The summed E-state index contributed by atoms with van der Waals surface area (Å²) in [6.07, 6.45) is 8.93. The number of hydrogen-bond donors (Lipinski definition) is 1. The third-order valence-corrected chi connectivity index (χ3v) is 4.58. The first-order valence-corrected chi connectivity index (χ1v) is 7.68. The van der Waals surface area contributed by atoms with Crippen LogP contribution < -0.4 is 5.32 Å². The van der Waals surface area contributed by atoms with E-state index in [-0.39, 0.29) is 10.8 Å². The standard InChI is InChI=1S/C16H23ClFN/c1-19-14(8-6-12-4-2-3-5-12)10-13-7-9-15(17)16(18)11-13/h7,9,11-12,14,19H,2-6,8,10H2,1H3. The first-order valence-electron chi connectivity index (χ1n) is 7.30. The van der Waals surface area contributed by atoms with Crippen LogP contribution in [0.15, 0.2) is 18.2 Å². The topological polar surface area (TPSA) is 12.0 Å². The lowest BCUT2D eigenvalue weighted by Gasteiger charge is -2.18. The summed E-state index contributed by atoms with van der Waals surface area (Å²) < 4.78 is 13.4. The average molecular weight is 284 g/mol. The molecule has 1 aromatic carbocycles. The van der Waals surface area contributed by atoms with E-state index in [4.69, 9.17) is 11.6 Å². The van der Waals surface area contributed by atoms with E-state index in [2.05, 4.69) is 5.32 Å². The van der Waals surface area contributed by atoms with Crippen LogP contribution in [0.2, 0.25) is 5.02 Å². The molecule has 0 aromatic heterocycles. The van der Waals surface area contributed by atoms with Crippen molar-refractivity contribution in [2.45, 2.75) is 51.0 Å². The Labute approximate surface area is 120 Å². The molecule has 106 valence electrons. The van der Waals surface area contributed by atoms with Crippen LogP contribution in [0.4, 0.5) is 4.39 Å². The third-order valence-electron chi connectivity index (χ3n) is 4.27. The van der Waals surface area contributed by atoms with Gasteiger partial charge in [0, 0.05) is 6.04 Å². The van der Waals surface area contributed by atoms with Crippen molar-refractivity contribution in [2.24, 2.45) is 5.92 Å². The molecular weight excluding hydrogens is 261 g/mol. The maximum absolute atomic E-state index is 13.4. The molecule has 1 fully saturated rings. The van der Waals surface area contributed by atoms with Gasteiger partial charge in [0.25, 0.3) is 0 Å². The Hall–Kier alpha value is -0.600.